The third-order valence-electron chi connectivity index (χ3n) is 3.76. The van der Waals surface area contributed by atoms with Gasteiger partial charge in [-0.05, 0) is 29.8 Å². The average molecular weight is 415 g/mol. The minimum atomic E-state index is -4.35. The molecule has 2 rings (SSSR count). The van der Waals surface area contributed by atoms with Crippen molar-refractivity contribution in [2.75, 3.05) is 27.6 Å². The summed E-state index contributed by atoms with van der Waals surface area (Å²) in [5.74, 6) is 1.08. The van der Waals surface area contributed by atoms with Gasteiger partial charge in [-0.2, -0.15) is 0 Å². The summed E-state index contributed by atoms with van der Waals surface area (Å²) in [6.07, 6.45) is 0.842. The molecule has 0 aliphatic heterocycles. The fourth-order valence-corrected chi connectivity index (χ4v) is 5.47. The fourth-order valence-electron chi connectivity index (χ4n) is 2.36. The first kappa shape index (κ1) is 21.0. The molecule has 0 saturated carbocycles. The second kappa shape index (κ2) is 8.15. The number of hydrogen-bond donors (Lipinski definition) is 0. The maximum atomic E-state index is 13.0. The molecular weight excluding hydrogens is 394 g/mol. The summed E-state index contributed by atoms with van der Waals surface area (Å²) in [4.78, 5) is -0.223. The first-order valence-electron chi connectivity index (χ1n) is 7.71. The molecule has 0 amide bonds. The third kappa shape index (κ3) is 4.71. The van der Waals surface area contributed by atoms with Gasteiger partial charge in [0.2, 0.25) is 10.0 Å². The van der Waals surface area contributed by atoms with E-state index in [9.17, 15) is 16.8 Å². The highest BCUT2D eigenvalue weighted by molar-refractivity contribution is 8.03. The topological polar surface area (TPSA) is 99.2 Å². The van der Waals surface area contributed by atoms with Gasteiger partial charge in [-0.25, -0.2) is 16.8 Å². The lowest BCUT2D eigenvalue weighted by Crippen LogP contribution is -2.35. The number of rotatable bonds is 8. The minimum Gasteiger partial charge on any atom is -0.497 e. The van der Waals surface area contributed by atoms with E-state index in [0.717, 1.165) is 6.26 Å². The lowest BCUT2D eigenvalue weighted by molar-refractivity contribution is 0.353. The number of ether oxygens (including phenoxy) is 3. The Morgan fingerprint density at radius 1 is 0.815 bits per heavy atom. The molecular formula is C17H21NO7S2. The van der Waals surface area contributed by atoms with Gasteiger partial charge in [0, 0.05) is 6.07 Å². The Morgan fingerprint density at radius 2 is 1.41 bits per heavy atom. The predicted molar refractivity (Wildman–Crippen MR) is 100 cm³/mol. The van der Waals surface area contributed by atoms with Crippen molar-refractivity contribution in [3.8, 4) is 17.2 Å². The first-order chi connectivity index (χ1) is 12.6. The molecule has 0 aromatic heterocycles. The molecule has 27 heavy (non-hydrogen) atoms. The average Bonchev–Trinajstić information content (AvgIpc) is 2.64. The molecule has 0 aliphatic rings. The Labute approximate surface area is 159 Å². The minimum absolute atomic E-state index is 0.177. The Hall–Kier alpha value is -2.30. The van der Waals surface area contributed by atoms with Gasteiger partial charge in [0.05, 0.1) is 39.0 Å². The zero-order valence-electron chi connectivity index (χ0n) is 15.4. The third-order valence-corrected chi connectivity index (χ3v) is 7.55. The van der Waals surface area contributed by atoms with Crippen LogP contribution in [0.5, 0.6) is 17.2 Å². The summed E-state index contributed by atoms with van der Waals surface area (Å²) in [6.45, 7) is -0.348. The molecule has 0 unspecified atom stereocenters. The maximum absolute atomic E-state index is 13.0. The Morgan fingerprint density at radius 3 is 1.89 bits per heavy atom. The van der Waals surface area contributed by atoms with Crippen molar-refractivity contribution in [1.82, 2.24) is 3.71 Å². The van der Waals surface area contributed by atoms with E-state index in [1.165, 1.54) is 39.5 Å². The van der Waals surface area contributed by atoms with E-state index < -0.39 is 20.0 Å². The van der Waals surface area contributed by atoms with E-state index in [2.05, 4.69) is 0 Å². The Kier molecular flexibility index (Phi) is 6.34. The molecule has 0 atom stereocenters. The fraction of sp³-hybridized carbons (Fsp3) is 0.294. The van der Waals surface area contributed by atoms with Gasteiger partial charge in [-0.3, -0.25) is 0 Å². The highest BCUT2D eigenvalue weighted by Gasteiger charge is 2.33. The van der Waals surface area contributed by atoms with Gasteiger partial charge in [0.1, 0.15) is 5.75 Å². The van der Waals surface area contributed by atoms with Crippen molar-refractivity contribution in [2.24, 2.45) is 0 Å². The van der Waals surface area contributed by atoms with Gasteiger partial charge in [0.15, 0.2) is 11.5 Å². The highest BCUT2D eigenvalue weighted by atomic mass is 32.3. The Balaban J connectivity index is 2.48. The van der Waals surface area contributed by atoms with Crippen LogP contribution in [0.2, 0.25) is 0 Å². The summed E-state index contributed by atoms with van der Waals surface area (Å²) in [6, 6.07) is 10.3. The quantitative estimate of drug-likeness (QED) is 0.649. The van der Waals surface area contributed by atoms with Crippen LogP contribution in [0.25, 0.3) is 0 Å². The number of methoxy groups -OCH3 is 3. The highest BCUT2D eigenvalue weighted by Crippen LogP contribution is 2.31. The summed E-state index contributed by atoms with van der Waals surface area (Å²) in [5, 5.41) is 0. The van der Waals surface area contributed by atoms with Gasteiger partial charge in [0.25, 0.3) is 10.0 Å². The zero-order valence-corrected chi connectivity index (χ0v) is 17.0. The van der Waals surface area contributed by atoms with Crippen LogP contribution in [-0.4, -0.2) is 48.1 Å². The molecule has 0 spiro atoms. The standard InChI is InChI=1S/C17H21NO7S2/c1-23-14-7-5-13(6-8-14)12-18(26(4,19)20)27(21,22)15-9-10-16(24-2)17(11-15)25-3/h5-11H,12H2,1-4H3. The molecule has 2 aromatic carbocycles. The molecule has 0 N–H and O–H groups in total. The number of nitrogens with zero attached hydrogens (tertiary/aromatic N) is 1. The van der Waals surface area contributed by atoms with Crippen LogP contribution in [0.3, 0.4) is 0 Å². The lowest BCUT2D eigenvalue weighted by atomic mass is 10.2. The molecule has 0 aliphatic carbocycles. The second-order valence-corrected chi connectivity index (χ2v) is 9.56. The summed E-state index contributed by atoms with van der Waals surface area (Å²) < 4.78 is 66.1. The molecule has 0 fully saturated rings. The van der Waals surface area contributed by atoms with Crippen LogP contribution in [-0.2, 0) is 26.6 Å². The smallest absolute Gasteiger partial charge is 0.256 e. The molecule has 0 bridgehead atoms. The van der Waals surface area contributed by atoms with Crippen molar-refractivity contribution in [3.63, 3.8) is 0 Å². The van der Waals surface area contributed by atoms with Crippen LogP contribution in [0.1, 0.15) is 5.56 Å². The maximum Gasteiger partial charge on any atom is 0.256 e. The van der Waals surface area contributed by atoms with E-state index in [-0.39, 0.29) is 17.2 Å². The SMILES string of the molecule is COc1ccc(CN(S(C)(=O)=O)S(=O)(=O)c2ccc(OC)c(OC)c2)cc1. The molecule has 0 heterocycles. The van der Waals surface area contributed by atoms with Gasteiger partial charge in [-0.15, -0.1) is 0 Å². The molecule has 0 saturated heterocycles. The largest absolute Gasteiger partial charge is 0.497 e. The molecule has 8 nitrogen and oxygen atoms in total. The van der Waals surface area contributed by atoms with Crippen LogP contribution in [0.4, 0.5) is 0 Å². The predicted octanol–water partition coefficient (Wildman–Crippen LogP) is 1.86. The summed E-state index contributed by atoms with van der Waals surface area (Å²) >= 11 is 0. The Bertz CT molecular complexity index is 1000. The lowest BCUT2D eigenvalue weighted by Gasteiger charge is -2.21. The van der Waals surface area contributed by atoms with E-state index in [1.54, 1.807) is 24.3 Å². The van der Waals surface area contributed by atoms with Crippen molar-refractivity contribution >= 4 is 20.0 Å². The van der Waals surface area contributed by atoms with E-state index >= 15 is 0 Å². The van der Waals surface area contributed by atoms with Crippen LogP contribution in [0.15, 0.2) is 47.4 Å². The van der Waals surface area contributed by atoms with Gasteiger partial charge < -0.3 is 14.2 Å². The monoisotopic (exact) mass is 415 g/mol. The van der Waals surface area contributed by atoms with Crippen molar-refractivity contribution in [1.29, 1.82) is 0 Å². The second-order valence-electron chi connectivity index (χ2n) is 5.56. The van der Waals surface area contributed by atoms with Gasteiger partial charge in [-0.1, -0.05) is 15.8 Å². The van der Waals surface area contributed by atoms with E-state index in [0.29, 0.717) is 20.8 Å². The summed E-state index contributed by atoms with van der Waals surface area (Å²) in [7, 11) is -4.15. The number of hydrogen-bond acceptors (Lipinski definition) is 7. The normalized spacial score (nSPS) is 12.0. The molecule has 10 heteroatoms. The summed E-state index contributed by atoms with van der Waals surface area (Å²) in [5.41, 5.74) is 0.491. The zero-order chi connectivity index (χ0) is 20.2. The molecule has 2 aromatic rings. The van der Waals surface area contributed by atoms with Crippen LogP contribution >= 0.6 is 0 Å². The molecule has 148 valence electrons. The molecule has 0 radical (unpaired) electrons. The van der Waals surface area contributed by atoms with E-state index in [4.69, 9.17) is 14.2 Å². The number of benzene rings is 2. The van der Waals surface area contributed by atoms with Crippen molar-refractivity contribution < 1.29 is 31.0 Å². The first-order valence-corrected chi connectivity index (χ1v) is 11.0. The van der Waals surface area contributed by atoms with Crippen LogP contribution in [0, 0.1) is 0 Å². The van der Waals surface area contributed by atoms with Crippen LogP contribution < -0.4 is 14.2 Å². The van der Waals surface area contributed by atoms with Crippen molar-refractivity contribution in [2.45, 2.75) is 11.4 Å². The number of sulfonamides is 2. The van der Waals surface area contributed by atoms with Gasteiger partial charge >= 0.3 is 0 Å². The van der Waals surface area contributed by atoms with Crippen molar-refractivity contribution in [3.05, 3.63) is 48.0 Å². The van der Waals surface area contributed by atoms with E-state index in [1.807, 2.05) is 0 Å².